The highest BCUT2D eigenvalue weighted by molar-refractivity contribution is 6.24. The van der Waals surface area contributed by atoms with E-state index in [9.17, 15) is 0 Å². The SMILES string of the molecule is CC[C]1CC1Cl.CN.CN.CN. The van der Waals surface area contributed by atoms with E-state index in [4.69, 9.17) is 11.6 Å². The van der Waals surface area contributed by atoms with Crippen LogP contribution in [0.2, 0.25) is 0 Å². The Kier molecular flexibility index (Phi) is 26.0. The van der Waals surface area contributed by atoms with Crippen molar-refractivity contribution in [1.82, 2.24) is 0 Å². The Morgan fingerprint density at radius 1 is 1.17 bits per heavy atom. The van der Waals surface area contributed by atoms with Crippen LogP contribution in [-0.4, -0.2) is 26.5 Å². The van der Waals surface area contributed by atoms with Crippen LogP contribution >= 0.6 is 11.6 Å². The van der Waals surface area contributed by atoms with Crippen LogP contribution in [0.1, 0.15) is 19.8 Å². The van der Waals surface area contributed by atoms with Gasteiger partial charge in [0.15, 0.2) is 0 Å². The summed E-state index contributed by atoms with van der Waals surface area (Å²) in [6.45, 7) is 2.15. The second-order valence-electron chi connectivity index (χ2n) is 1.68. The minimum absolute atomic E-state index is 0.454. The Morgan fingerprint density at radius 3 is 1.42 bits per heavy atom. The molecule has 0 saturated heterocycles. The Bertz CT molecular complexity index is 60.3. The van der Waals surface area contributed by atoms with Gasteiger partial charge in [0.05, 0.1) is 0 Å². The maximum atomic E-state index is 5.61. The van der Waals surface area contributed by atoms with Crippen LogP contribution in [0.25, 0.3) is 0 Å². The fourth-order valence-electron chi connectivity index (χ4n) is 0.537. The molecule has 1 atom stereocenters. The van der Waals surface area contributed by atoms with Crippen molar-refractivity contribution in [1.29, 1.82) is 0 Å². The third kappa shape index (κ3) is 12.8. The van der Waals surface area contributed by atoms with Gasteiger partial charge in [-0.1, -0.05) is 6.92 Å². The third-order valence-corrected chi connectivity index (χ3v) is 1.64. The molecule has 0 aliphatic heterocycles. The molecular weight excluding hydrogens is 174 g/mol. The quantitative estimate of drug-likeness (QED) is 0.541. The number of hydrogen-bond donors (Lipinski definition) is 3. The van der Waals surface area contributed by atoms with E-state index in [0.29, 0.717) is 5.38 Å². The molecule has 1 rings (SSSR count). The van der Waals surface area contributed by atoms with Crippen LogP contribution in [0.4, 0.5) is 0 Å². The number of halogens is 1. The minimum atomic E-state index is 0.454. The van der Waals surface area contributed by atoms with Gasteiger partial charge in [-0.15, -0.1) is 11.6 Å². The highest BCUT2D eigenvalue weighted by Gasteiger charge is 2.33. The molecular formula is C8H23ClN3. The van der Waals surface area contributed by atoms with Gasteiger partial charge in [0.1, 0.15) is 0 Å². The average molecular weight is 197 g/mol. The lowest BCUT2D eigenvalue weighted by molar-refractivity contribution is 1.07. The molecule has 1 saturated carbocycles. The summed E-state index contributed by atoms with van der Waals surface area (Å²) in [4.78, 5) is 0. The van der Waals surface area contributed by atoms with Gasteiger partial charge in [-0.2, -0.15) is 0 Å². The highest BCUT2D eigenvalue weighted by atomic mass is 35.5. The monoisotopic (exact) mass is 196 g/mol. The van der Waals surface area contributed by atoms with E-state index in [-0.39, 0.29) is 0 Å². The topological polar surface area (TPSA) is 78.1 Å². The Labute approximate surface area is 81.6 Å². The first-order valence-corrected chi connectivity index (χ1v) is 4.50. The van der Waals surface area contributed by atoms with Crippen molar-refractivity contribution in [2.45, 2.75) is 25.1 Å². The van der Waals surface area contributed by atoms with E-state index in [1.807, 2.05) is 0 Å². The second-order valence-corrected chi connectivity index (χ2v) is 2.21. The molecule has 6 N–H and O–H groups in total. The largest absolute Gasteiger partial charge is 0.333 e. The molecule has 0 heterocycles. The maximum absolute atomic E-state index is 5.61. The van der Waals surface area contributed by atoms with Crippen LogP contribution in [-0.2, 0) is 0 Å². The Hall–Kier alpha value is 0.170. The predicted molar refractivity (Wildman–Crippen MR) is 58.1 cm³/mol. The molecule has 0 aromatic rings. The molecule has 1 unspecified atom stereocenters. The smallest absolute Gasteiger partial charge is 0.0404 e. The van der Waals surface area contributed by atoms with Crippen LogP contribution in [0.15, 0.2) is 0 Å². The highest BCUT2D eigenvalue weighted by Crippen LogP contribution is 2.40. The molecule has 0 bridgehead atoms. The fraction of sp³-hybridized carbons (Fsp3) is 0.875. The third-order valence-electron chi connectivity index (χ3n) is 1.18. The Morgan fingerprint density at radius 2 is 1.42 bits per heavy atom. The molecule has 4 heteroatoms. The van der Waals surface area contributed by atoms with Crippen molar-refractivity contribution in [2.75, 3.05) is 21.1 Å². The molecule has 0 aromatic carbocycles. The van der Waals surface area contributed by atoms with Gasteiger partial charge < -0.3 is 17.2 Å². The molecule has 1 fully saturated rings. The molecule has 12 heavy (non-hydrogen) atoms. The summed E-state index contributed by atoms with van der Waals surface area (Å²) in [5.74, 6) is 1.52. The molecule has 0 aromatic heterocycles. The summed E-state index contributed by atoms with van der Waals surface area (Å²) in [5.41, 5.74) is 13.5. The van der Waals surface area contributed by atoms with Crippen LogP contribution < -0.4 is 17.2 Å². The van der Waals surface area contributed by atoms with Crippen molar-refractivity contribution in [2.24, 2.45) is 17.2 Å². The van der Waals surface area contributed by atoms with Gasteiger partial charge in [0, 0.05) is 5.38 Å². The zero-order valence-electron chi connectivity index (χ0n) is 8.60. The molecule has 77 valence electrons. The molecule has 0 amide bonds. The summed E-state index contributed by atoms with van der Waals surface area (Å²) in [6, 6.07) is 0. The number of alkyl halides is 1. The van der Waals surface area contributed by atoms with Gasteiger partial charge in [-0.05, 0) is 39.9 Å². The van der Waals surface area contributed by atoms with Gasteiger partial charge in [0.2, 0.25) is 0 Å². The first-order valence-electron chi connectivity index (χ1n) is 4.06. The van der Waals surface area contributed by atoms with Crippen molar-refractivity contribution in [3.05, 3.63) is 5.92 Å². The van der Waals surface area contributed by atoms with E-state index in [2.05, 4.69) is 24.1 Å². The molecule has 1 aliphatic rings. The van der Waals surface area contributed by atoms with Crippen molar-refractivity contribution >= 4 is 11.6 Å². The van der Waals surface area contributed by atoms with E-state index in [0.717, 1.165) is 0 Å². The normalized spacial score (nSPS) is 18.5. The lowest BCUT2D eigenvalue weighted by Crippen LogP contribution is -1.69. The summed E-state index contributed by atoms with van der Waals surface area (Å²) in [6.07, 6.45) is 2.37. The number of rotatable bonds is 1. The summed E-state index contributed by atoms with van der Waals surface area (Å²) in [5, 5.41) is 0.454. The average Bonchev–Trinajstić information content (AvgIpc) is 2.92. The van der Waals surface area contributed by atoms with Gasteiger partial charge >= 0.3 is 0 Å². The van der Waals surface area contributed by atoms with Crippen LogP contribution in [0, 0.1) is 5.92 Å². The first kappa shape index (κ1) is 18.1. The maximum Gasteiger partial charge on any atom is 0.0404 e. The lowest BCUT2D eigenvalue weighted by Gasteiger charge is -1.76. The van der Waals surface area contributed by atoms with Crippen molar-refractivity contribution < 1.29 is 0 Å². The zero-order valence-corrected chi connectivity index (χ0v) is 9.36. The van der Waals surface area contributed by atoms with E-state index in [1.165, 1.54) is 39.9 Å². The van der Waals surface area contributed by atoms with E-state index >= 15 is 0 Å². The summed E-state index contributed by atoms with van der Waals surface area (Å²) >= 11 is 5.61. The first-order chi connectivity index (χ1) is 5.84. The van der Waals surface area contributed by atoms with Crippen molar-refractivity contribution in [3.8, 4) is 0 Å². The standard InChI is InChI=1S/C5H8Cl.3CH5N/c1-2-4-3-5(4)6;3*1-2/h5H,2-3H2,1H3;3*2H2,1H3. The summed E-state index contributed by atoms with van der Waals surface area (Å²) < 4.78 is 0. The number of nitrogens with two attached hydrogens (primary N) is 3. The number of hydrogen-bond acceptors (Lipinski definition) is 3. The van der Waals surface area contributed by atoms with Crippen molar-refractivity contribution in [3.63, 3.8) is 0 Å². The fourth-order valence-corrected chi connectivity index (χ4v) is 0.890. The predicted octanol–water partition coefficient (Wildman–Crippen LogP) is 0.707. The minimum Gasteiger partial charge on any atom is -0.333 e. The van der Waals surface area contributed by atoms with Crippen LogP contribution in [0.5, 0.6) is 0 Å². The summed E-state index contributed by atoms with van der Waals surface area (Å²) in [7, 11) is 4.50. The molecule has 1 radical (unpaired) electrons. The zero-order chi connectivity index (χ0) is 10.6. The van der Waals surface area contributed by atoms with Crippen LogP contribution in [0.3, 0.4) is 0 Å². The molecule has 3 nitrogen and oxygen atoms in total. The molecule has 0 spiro atoms. The van der Waals surface area contributed by atoms with Gasteiger partial charge in [-0.3, -0.25) is 0 Å². The molecule has 1 aliphatic carbocycles. The Balaban J connectivity index is -0.000000117. The van der Waals surface area contributed by atoms with E-state index in [1.54, 1.807) is 0 Å². The van der Waals surface area contributed by atoms with Gasteiger partial charge in [0.25, 0.3) is 0 Å². The second kappa shape index (κ2) is 17.3. The van der Waals surface area contributed by atoms with E-state index < -0.39 is 0 Å². The lowest BCUT2D eigenvalue weighted by atomic mass is 10.3. The van der Waals surface area contributed by atoms with Gasteiger partial charge in [-0.25, -0.2) is 0 Å².